The molecular formula is C23H36O5S. The Bertz CT molecular complexity index is 594. The van der Waals surface area contributed by atoms with Crippen LogP contribution in [0.25, 0.3) is 0 Å². The van der Waals surface area contributed by atoms with Gasteiger partial charge < -0.3 is 15.3 Å². The number of carboxylic acid groups (broad SMARTS) is 1. The number of Topliss-reactive ketones (excluding diaryl/α,β-unsaturated/α-hetero) is 1. The lowest BCUT2D eigenvalue weighted by Gasteiger charge is -2.21. The van der Waals surface area contributed by atoms with E-state index in [2.05, 4.69) is 6.08 Å². The highest BCUT2D eigenvalue weighted by Gasteiger charge is 2.40. The second-order valence-electron chi connectivity index (χ2n) is 7.78. The molecule has 1 saturated carbocycles. The number of carbonyl (C=O) groups is 2. The number of unbranched alkanes of at least 4 members (excludes halogenated alkanes) is 1. The van der Waals surface area contributed by atoms with Gasteiger partial charge in [-0.1, -0.05) is 43.4 Å². The molecule has 6 heteroatoms. The van der Waals surface area contributed by atoms with Crippen molar-refractivity contribution in [3.05, 3.63) is 36.5 Å². The highest BCUT2D eigenvalue weighted by molar-refractivity contribution is 8.00. The zero-order chi connectivity index (χ0) is 21.7. The largest absolute Gasteiger partial charge is 0.481 e. The third-order valence-electron chi connectivity index (χ3n) is 5.05. The molecule has 3 N–H and O–H groups in total. The average molecular weight is 425 g/mol. The SMILES string of the molecule is CCC=CC(C)(O)CC=C[C@H]1[C@H](SCCO)CC(=O)[C@@H]1CC=CCCCC(=O)O. The minimum atomic E-state index is -0.900. The van der Waals surface area contributed by atoms with Crippen LogP contribution in [0.2, 0.25) is 0 Å². The maximum Gasteiger partial charge on any atom is 0.303 e. The Balaban J connectivity index is 2.74. The van der Waals surface area contributed by atoms with Gasteiger partial charge in [-0.05, 0) is 44.9 Å². The maximum absolute atomic E-state index is 12.6. The van der Waals surface area contributed by atoms with E-state index in [0.29, 0.717) is 37.9 Å². The van der Waals surface area contributed by atoms with Crippen molar-refractivity contribution < 1.29 is 24.9 Å². The predicted molar refractivity (Wildman–Crippen MR) is 119 cm³/mol. The normalized spacial score (nSPS) is 24.8. The van der Waals surface area contributed by atoms with E-state index in [4.69, 9.17) is 10.2 Å². The molecule has 5 nitrogen and oxygen atoms in total. The number of ketones is 1. The molecule has 0 saturated heterocycles. The average Bonchev–Trinajstić information content (AvgIpc) is 2.95. The molecule has 0 bridgehead atoms. The zero-order valence-corrected chi connectivity index (χ0v) is 18.4. The minimum absolute atomic E-state index is 0.0775. The first-order valence-corrected chi connectivity index (χ1v) is 11.5. The molecule has 164 valence electrons. The summed E-state index contributed by atoms with van der Waals surface area (Å²) in [4.78, 5) is 23.1. The van der Waals surface area contributed by atoms with Gasteiger partial charge in [0, 0.05) is 29.8 Å². The number of aliphatic hydroxyl groups is 2. The Hall–Kier alpha value is -1.37. The summed E-state index contributed by atoms with van der Waals surface area (Å²) in [5, 5.41) is 28.4. The second kappa shape index (κ2) is 13.8. The lowest BCUT2D eigenvalue weighted by molar-refractivity contribution is -0.137. The molecule has 1 fully saturated rings. The summed E-state index contributed by atoms with van der Waals surface area (Å²) < 4.78 is 0. The maximum atomic E-state index is 12.6. The third kappa shape index (κ3) is 10.3. The van der Waals surface area contributed by atoms with Gasteiger partial charge in [0.1, 0.15) is 5.78 Å². The lowest BCUT2D eigenvalue weighted by Crippen LogP contribution is -2.20. The van der Waals surface area contributed by atoms with Gasteiger partial charge in [0.15, 0.2) is 0 Å². The van der Waals surface area contributed by atoms with Crippen molar-refractivity contribution in [1.82, 2.24) is 0 Å². The molecule has 1 aliphatic carbocycles. The number of allylic oxidation sites excluding steroid dienone is 4. The van der Waals surface area contributed by atoms with Crippen LogP contribution in [0.3, 0.4) is 0 Å². The van der Waals surface area contributed by atoms with E-state index in [9.17, 15) is 14.7 Å². The molecule has 0 heterocycles. The number of hydrogen-bond donors (Lipinski definition) is 3. The highest BCUT2D eigenvalue weighted by Crippen LogP contribution is 2.40. The molecule has 0 aromatic carbocycles. The van der Waals surface area contributed by atoms with Crippen molar-refractivity contribution in [3.63, 3.8) is 0 Å². The van der Waals surface area contributed by atoms with E-state index in [0.717, 1.165) is 6.42 Å². The van der Waals surface area contributed by atoms with Crippen LogP contribution in [-0.2, 0) is 9.59 Å². The molecule has 0 radical (unpaired) electrons. The molecule has 4 atom stereocenters. The van der Waals surface area contributed by atoms with Crippen LogP contribution >= 0.6 is 11.8 Å². The number of aliphatic hydroxyl groups excluding tert-OH is 1. The van der Waals surface area contributed by atoms with Crippen LogP contribution in [0.4, 0.5) is 0 Å². The Labute approximate surface area is 179 Å². The molecule has 0 amide bonds. The third-order valence-corrected chi connectivity index (χ3v) is 6.38. The van der Waals surface area contributed by atoms with Gasteiger partial charge in [-0.25, -0.2) is 0 Å². The van der Waals surface area contributed by atoms with Crippen LogP contribution in [0.5, 0.6) is 0 Å². The number of aliphatic carboxylic acids is 1. The standard InChI is InChI=1S/C23H36O5S/c1-3-4-13-23(2,28)14-9-11-19-18(10-7-5-6-8-12-22(26)27)20(25)17-21(19)29-16-15-24/h4-5,7,9,11,13,18-19,21,24,28H,3,6,8,10,12,14-17H2,1-2H3,(H,26,27)/t18-,19-,21-,23?/m1/s1. The summed E-state index contributed by atoms with van der Waals surface area (Å²) in [7, 11) is 0. The Kier molecular flexibility index (Phi) is 12.2. The van der Waals surface area contributed by atoms with Gasteiger partial charge in [0.25, 0.3) is 0 Å². The number of carbonyl (C=O) groups excluding carboxylic acids is 1. The molecule has 1 unspecified atom stereocenters. The summed E-state index contributed by atoms with van der Waals surface area (Å²) in [5.41, 5.74) is -0.900. The smallest absolute Gasteiger partial charge is 0.303 e. The highest BCUT2D eigenvalue weighted by atomic mass is 32.2. The van der Waals surface area contributed by atoms with Crippen molar-refractivity contribution in [2.45, 2.75) is 69.6 Å². The van der Waals surface area contributed by atoms with Crippen LogP contribution in [0.15, 0.2) is 36.5 Å². The first-order valence-electron chi connectivity index (χ1n) is 10.5. The monoisotopic (exact) mass is 424 g/mol. The van der Waals surface area contributed by atoms with Crippen molar-refractivity contribution >= 4 is 23.5 Å². The van der Waals surface area contributed by atoms with Crippen molar-refractivity contribution in [2.24, 2.45) is 11.8 Å². The summed E-state index contributed by atoms with van der Waals surface area (Å²) >= 11 is 1.63. The Morgan fingerprint density at radius 2 is 2.03 bits per heavy atom. The van der Waals surface area contributed by atoms with E-state index < -0.39 is 11.6 Å². The number of rotatable bonds is 14. The van der Waals surface area contributed by atoms with Gasteiger partial charge >= 0.3 is 5.97 Å². The molecule has 1 rings (SSSR count). The fourth-order valence-electron chi connectivity index (χ4n) is 3.52. The van der Waals surface area contributed by atoms with E-state index in [1.165, 1.54) is 0 Å². The van der Waals surface area contributed by atoms with Gasteiger partial charge in [-0.2, -0.15) is 11.8 Å². The van der Waals surface area contributed by atoms with Gasteiger partial charge in [0.2, 0.25) is 0 Å². The van der Waals surface area contributed by atoms with Gasteiger partial charge in [-0.3, -0.25) is 9.59 Å². The van der Waals surface area contributed by atoms with E-state index >= 15 is 0 Å². The zero-order valence-electron chi connectivity index (χ0n) is 17.6. The summed E-state index contributed by atoms with van der Waals surface area (Å²) in [5.74, 6) is 0.0330. The van der Waals surface area contributed by atoms with Gasteiger partial charge in [0.05, 0.1) is 12.2 Å². The Morgan fingerprint density at radius 3 is 2.69 bits per heavy atom. The molecule has 0 aliphatic heterocycles. The molecular weight excluding hydrogens is 388 g/mol. The second-order valence-corrected chi connectivity index (χ2v) is 9.13. The fraction of sp³-hybridized carbons (Fsp3) is 0.652. The van der Waals surface area contributed by atoms with Crippen LogP contribution in [0.1, 0.15) is 58.8 Å². The molecule has 0 aromatic rings. The fourth-order valence-corrected chi connectivity index (χ4v) is 4.71. The predicted octanol–water partition coefficient (Wildman–Crippen LogP) is 4.15. The van der Waals surface area contributed by atoms with Crippen LogP contribution < -0.4 is 0 Å². The molecule has 1 aliphatic rings. The summed E-state index contributed by atoms with van der Waals surface area (Å²) in [6, 6.07) is 0. The number of thioether (sulfide) groups is 1. The quantitative estimate of drug-likeness (QED) is 0.286. The van der Waals surface area contributed by atoms with Crippen molar-refractivity contribution in [3.8, 4) is 0 Å². The van der Waals surface area contributed by atoms with E-state index in [-0.39, 0.29) is 35.9 Å². The van der Waals surface area contributed by atoms with Crippen LogP contribution in [0, 0.1) is 11.8 Å². The summed E-state index contributed by atoms with van der Waals surface area (Å²) in [6.07, 6.45) is 15.7. The molecule has 29 heavy (non-hydrogen) atoms. The Morgan fingerprint density at radius 1 is 1.28 bits per heavy atom. The summed E-state index contributed by atoms with van der Waals surface area (Å²) in [6.45, 7) is 3.89. The number of carboxylic acids is 1. The molecule has 0 spiro atoms. The van der Waals surface area contributed by atoms with Crippen molar-refractivity contribution in [2.75, 3.05) is 12.4 Å². The minimum Gasteiger partial charge on any atom is -0.481 e. The first-order chi connectivity index (χ1) is 13.8. The lowest BCUT2D eigenvalue weighted by atomic mass is 9.90. The number of hydrogen-bond acceptors (Lipinski definition) is 5. The van der Waals surface area contributed by atoms with Gasteiger partial charge in [-0.15, -0.1) is 0 Å². The first kappa shape index (κ1) is 25.7. The van der Waals surface area contributed by atoms with E-state index in [1.807, 2.05) is 37.3 Å². The molecule has 0 aromatic heterocycles. The van der Waals surface area contributed by atoms with E-state index in [1.54, 1.807) is 18.7 Å². The van der Waals surface area contributed by atoms with Crippen molar-refractivity contribution in [1.29, 1.82) is 0 Å². The topological polar surface area (TPSA) is 94.8 Å². The van der Waals surface area contributed by atoms with Crippen LogP contribution in [-0.4, -0.2) is 50.3 Å².